The van der Waals surface area contributed by atoms with Gasteiger partial charge in [0, 0.05) is 41.5 Å². The van der Waals surface area contributed by atoms with Gasteiger partial charge in [0.05, 0.1) is 0 Å². The fourth-order valence-corrected chi connectivity index (χ4v) is 3.29. The quantitative estimate of drug-likeness (QED) is 0.459. The summed E-state index contributed by atoms with van der Waals surface area (Å²) in [6.07, 6.45) is 6.75. The molecule has 1 amide bonds. The van der Waals surface area contributed by atoms with Crippen molar-refractivity contribution in [2.75, 3.05) is 5.32 Å². The first-order valence-electron chi connectivity index (χ1n) is 9.98. The fourth-order valence-electron chi connectivity index (χ4n) is 3.16. The van der Waals surface area contributed by atoms with Crippen LogP contribution in [0.25, 0.3) is 5.57 Å². The lowest BCUT2D eigenvalue weighted by Crippen LogP contribution is -2.12. The number of amides is 1. The summed E-state index contributed by atoms with van der Waals surface area (Å²) < 4.78 is 0. The second kappa shape index (κ2) is 11.1. The van der Waals surface area contributed by atoms with Crippen molar-refractivity contribution in [2.24, 2.45) is 0 Å². The summed E-state index contributed by atoms with van der Waals surface area (Å²) in [5.74, 6) is -0.923. The van der Waals surface area contributed by atoms with E-state index in [-0.39, 0.29) is 12.3 Å². The summed E-state index contributed by atoms with van der Waals surface area (Å²) in [7, 11) is 0. The van der Waals surface area contributed by atoms with Gasteiger partial charge in [0.25, 0.3) is 0 Å². The number of allylic oxidation sites excluding steroid dienone is 1. The van der Waals surface area contributed by atoms with Crippen LogP contribution in [0.5, 0.6) is 0 Å². The Morgan fingerprint density at radius 3 is 2.48 bits per heavy atom. The van der Waals surface area contributed by atoms with Crippen LogP contribution >= 0.6 is 11.6 Å². The lowest BCUT2D eigenvalue weighted by Gasteiger charge is -2.11. The summed E-state index contributed by atoms with van der Waals surface area (Å²) in [5, 5.41) is 12.6. The van der Waals surface area contributed by atoms with E-state index in [1.165, 1.54) is 0 Å². The van der Waals surface area contributed by atoms with Crippen molar-refractivity contribution in [3.63, 3.8) is 0 Å². The highest BCUT2D eigenvalue weighted by Gasteiger charge is 2.09. The number of hydrogen-bond acceptors (Lipinski definition) is 3. The minimum atomic E-state index is -0.844. The molecular weight excluding hydrogens is 412 g/mol. The van der Waals surface area contributed by atoms with E-state index in [1.54, 1.807) is 12.4 Å². The Hall–Kier alpha value is -3.44. The topological polar surface area (TPSA) is 79.3 Å². The molecule has 1 heterocycles. The summed E-state index contributed by atoms with van der Waals surface area (Å²) in [6.45, 7) is 0. The van der Waals surface area contributed by atoms with Crippen molar-refractivity contribution in [1.29, 1.82) is 0 Å². The third-order valence-electron chi connectivity index (χ3n) is 4.69. The number of aromatic nitrogens is 1. The largest absolute Gasteiger partial charge is 0.481 e. The maximum Gasteiger partial charge on any atom is 0.303 e. The lowest BCUT2D eigenvalue weighted by atomic mass is 9.97. The number of aryl methyl sites for hydroxylation is 1. The fraction of sp³-hybridized carbons (Fsp3) is 0.160. The molecule has 0 saturated heterocycles. The SMILES string of the molecule is O=C(O)CC/C=C(\c1cccnc1)c1cccc(NC(=O)CCc2ccc(Cl)cc2)c1. The van der Waals surface area contributed by atoms with Crippen molar-refractivity contribution in [3.8, 4) is 0 Å². The van der Waals surface area contributed by atoms with Crippen molar-refractivity contribution in [1.82, 2.24) is 4.98 Å². The van der Waals surface area contributed by atoms with Crippen LogP contribution in [0.4, 0.5) is 5.69 Å². The van der Waals surface area contributed by atoms with Crippen LogP contribution in [0.15, 0.2) is 79.1 Å². The van der Waals surface area contributed by atoms with Crippen LogP contribution in [0, 0.1) is 0 Å². The van der Waals surface area contributed by atoms with Gasteiger partial charge >= 0.3 is 5.97 Å². The van der Waals surface area contributed by atoms with Crippen molar-refractivity contribution < 1.29 is 14.7 Å². The molecule has 3 rings (SSSR count). The highest BCUT2D eigenvalue weighted by molar-refractivity contribution is 6.30. The molecule has 158 valence electrons. The number of nitrogens with one attached hydrogen (secondary N) is 1. The molecule has 0 aliphatic rings. The van der Waals surface area contributed by atoms with Crippen LogP contribution in [-0.4, -0.2) is 22.0 Å². The predicted octanol–water partition coefficient (Wildman–Crippen LogP) is 5.60. The minimum absolute atomic E-state index is 0.0465. The molecule has 0 aliphatic heterocycles. The van der Waals surface area contributed by atoms with E-state index >= 15 is 0 Å². The highest BCUT2D eigenvalue weighted by atomic mass is 35.5. The van der Waals surface area contributed by atoms with E-state index in [1.807, 2.05) is 66.7 Å². The number of carbonyl (C=O) groups excluding carboxylic acids is 1. The van der Waals surface area contributed by atoms with E-state index in [9.17, 15) is 9.59 Å². The zero-order valence-electron chi connectivity index (χ0n) is 16.9. The van der Waals surface area contributed by atoms with E-state index in [0.717, 1.165) is 22.3 Å². The number of pyridine rings is 1. The van der Waals surface area contributed by atoms with E-state index in [4.69, 9.17) is 16.7 Å². The van der Waals surface area contributed by atoms with Crippen LogP contribution in [0.2, 0.25) is 5.02 Å². The first-order valence-corrected chi connectivity index (χ1v) is 10.4. The molecule has 5 nitrogen and oxygen atoms in total. The Morgan fingerprint density at radius 1 is 1.00 bits per heavy atom. The average molecular weight is 435 g/mol. The third kappa shape index (κ3) is 7.08. The molecule has 31 heavy (non-hydrogen) atoms. The van der Waals surface area contributed by atoms with Crippen molar-refractivity contribution >= 4 is 34.7 Å². The minimum Gasteiger partial charge on any atom is -0.481 e. The first-order chi connectivity index (χ1) is 15.0. The molecule has 0 radical (unpaired) electrons. The van der Waals surface area contributed by atoms with E-state index < -0.39 is 5.97 Å². The van der Waals surface area contributed by atoms with Crippen LogP contribution in [0.1, 0.15) is 36.0 Å². The second-order valence-corrected chi connectivity index (χ2v) is 7.48. The molecule has 6 heteroatoms. The molecule has 0 unspecified atom stereocenters. The van der Waals surface area contributed by atoms with Gasteiger partial charge in [-0.15, -0.1) is 0 Å². The summed E-state index contributed by atoms with van der Waals surface area (Å²) in [6, 6.07) is 18.7. The second-order valence-electron chi connectivity index (χ2n) is 7.05. The molecule has 0 spiro atoms. The van der Waals surface area contributed by atoms with E-state index in [2.05, 4.69) is 10.3 Å². The highest BCUT2D eigenvalue weighted by Crippen LogP contribution is 2.26. The summed E-state index contributed by atoms with van der Waals surface area (Å²) >= 11 is 5.90. The number of rotatable bonds is 9. The normalized spacial score (nSPS) is 11.2. The maximum absolute atomic E-state index is 12.4. The van der Waals surface area contributed by atoms with Crippen LogP contribution in [0.3, 0.4) is 0 Å². The molecule has 0 atom stereocenters. The first kappa shape index (κ1) is 22.2. The predicted molar refractivity (Wildman–Crippen MR) is 123 cm³/mol. The third-order valence-corrected chi connectivity index (χ3v) is 4.94. The van der Waals surface area contributed by atoms with Gasteiger partial charge in [-0.25, -0.2) is 0 Å². The smallest absolute Gasteiger partial charge is 0.303 e. The number of aliphatic carboxylic acids is 1. The molecule has 0 fully saturated rings. The van der Waals surface area contributed by atoms with Gasteiger partial charge in [-0.2, -0.15) is 0 Å². The Morgan fingerprint density at radius 2 is 1.77 bits per heavy atom. The molecule has 1 aromatic heterocycles. The van der Waals surface area contributed by atoms with Gasteiger partial charge in [0.15, 0.2) is 0 Å². The number of carbonyl (C=O) groups is 2. The zero-order valence-corrected chi connectivity index (χ0v) is 17.7. The van der Waals surface area contributed by atoms with Crippen molar-refractivity contribution in [2.45, 2.75) is 25.7 Å². The molecule has 0 saturated carbocycles. The molecule has 3 aromatic rings. The molecule has 2 N–H and O–H groups in total. The standard InChI is InChI=1S/C25H23ClN2O3/c26-21-12-9-18(10-13-21)11-14-24(29)28-22-6-1-4-19(16-22)23(7-2-8-25(30)31)20-5-3-15-27-17-20/h1,3-7,9-10,12-13,15-17H,2,8,11,14H2,(H,28,29)(H,30,31)/b23-7-. The molecule has 0 bridgehead atoms. The molecule has 0 aliphatic carbocycles. The Balaban J connectivity index is 1.72. The van der Waals surface area contributed by atoms with Crippen LogP contribution in [-0.2, 0) is 16.0 Å². The Bertz CT molecular complexity index is 1060. The summed E-state index contributed by atoms with van der Waals surface area (Å²) in [4.78, 5) is 27.5. The number of carboxylic acids is 1. The van der Waals surface area contributed by atoms with Crippen molar-refractivity contribution in [3.05, 3.63) is 101 Å². The molecule has 2 aromatic carbocycles. The number of anilines is 1. The van der Waals surface area contributed by atoms with Gasteiger partial charge in [0.1, 0.15) is 0 Å². The number of nitrogens with zero attached hydrogens (tertiary/aromatic N) is 1. The van der Waals surface area contributed by atoms with E-state index in [0.29, 0.717) is 30.0 Å². The van der Waals surface area contributed by atoms with Crippen LogP contribution < -0.4 is 5.32 Å². The van der Waals surface area contributed by atoms with Gasteiger partial charge in [-0.1, -0.05) is 48.0 Å². The van der Waals surface area contributed by atoms with Gasteiger partial charge in [0.2, 0.25) is 5.91 Å². The lowest BCUT2D eigenvalue weighted by molar-refractivity contribution is -0.136. The Kier molecular flexibility index (Phi) is 7.96. The molecular formula is C25H23ClN2O3. The summed E-state index contributed by atoms with van der Waals surface area (Å²) in [5.41, 5.74) is 4.39. The maximum atomic E-state index is 12.4. The number of hydrogen-bond donors (Lipinski definition) is 2. The number of carboxylic acid groups (broad SMARTS) is 1. The van der Waals surface area contributed by atoms with Gasteiger partial charge < -0.3 is 10.4 Å². The van der Waals surface area contributed by atoms with Gasteiger partial charge in [-0.05, 0) is 59.9 Å². The number of benzene rings is 2. The zero-order chi connectivity index (χ0) is 22.1. The Labute approximate surface area is 186 Å². The van der Waals surface area contributed by atoms with Gasteiger partial charge in [-0.3, -0.25) is 14.6 Å². The average Bonchev–Trinajstić information content (AvgIpc) is 2.77. The monoisotopic (exact) mass is 434 g/mol. The number of halogens is 1.